The van der Waals surface area contributed by atoms with Gasteiger partial charge in [0.15, 0.2) is 0 Å². The molecular formula is C8H13F3N2O3. The van der Waals surface area contributed by atoms with Crippen LogP contribution in [0.5, 0.6) is 0 Å². The molecule has 0 saturated carbocycles. The summed E-state index contributed by atoms with van der Waals surface area (Å²) in [4.78, 5) is 20.9. The zero-order valence-electron chi connectivity index (χ0n) is 8.43. The molecule has 16 heavy (non-hydrogen) atoms. The van der Waals surface area contributed by atoms with E-state index in [4.69, 9.17) is 5.11 Å². The highest BCUT2D eigenvalue weighted by molar-refractivity contribution is 5.74. The molecule has 0 rings (SSSR count). The fraction of sp³-hybridized carbons (Fsp3) is 0.750. The van der Waals surface area contributed by atoms with Crippen molar-refractivity contribution in [3.8, 4) is 0 Å². The molecule has 0 heterocycles. The number of carbonyl (C=O) groups excluding carboxylic acids is 1. The van der Waals surface area contributed by atoms with Crippen LogP contribution in [0, 0.1) is 0 Å². The van der Waals surface area contributed by atoms with E-state index < -0.39 is 24.6 Å². The normalized spacial score (nSPS) is 10.9. The van der Waals surface area contributed by atoms with Gasteiger partial charge in [0.1, 0.15) is 0 Å². The number of halogens is 3. The summed E-state index contributed by atoms with van der Waals surface area (Å²) in [5.74, 6) is -1.06. The van der Waals surface area contributed by atoms with Crippen molar-refractivity contribution in [2.45, 2.75) is 25.4 Å². The van der Waals surface area contributed by atoms with Gasteiger partial charge in [0, 0.05) is 19.5 Å². The van der Waals surface area contributed by atoms with Crippen LogP contribution in [0.3, 0.4) is 0 Å². The van der Waals surface area contributed by atoms with E-state index in [0.717, 1.165) is 0 Å². The standard InChI is InChI=1S/C8H13F3N2O3/c9-8(10,11)3-1-4-12-7(16)13-5-2-6(14)15/h1-5H2,(H,14,15)(H2,12,13,16). The lowest BCUT2D eigenvalue weighted by Gasteiger charge is -2.08. The van der Waals surface area contributed by atoms with Gasteiger partial charge in [-0.3, -0.25) is 4.79 Å². The van der Waals surface area contributed by atoms with Gasteiger partial charge in [-0.05, 0) is 6.42 Å². The lowest BCUT2D eigenvalue weighted by atomic mass is 10.3. The van der Waals surface area contributed by atoms with Crippen molar-refractivity contribution in [3.05, 3.63) is 0 Å². The summed E-state index contributed by atoms with van der Waals surface area (Å²) in [6, 6.07) is -0.663. The molecule has 0 saturated heterocycles. The fourth-order valence-electron chi connectivity index (χ4n) is 0.836. The summed E-state index contributed by atoms with van der Waals surface area (Å²) in [6.07, 6.45) is -5.60. The summed E-state index contributed by atoms with van der Waals surface area (Å²) < 4.78 is 35.0. The second-order valence-electron chi connectivity index (χ2n) is 3.05. The van der Waals surface area contributed by atoms with Gasteiger partial charge in [-0.2, -0.15) is 13.2 Å². The molecule has 5 nitrogen and oxygen atoms in total. The molecule has 0 aliphatic heterocycles. The van der Waals surface area contributed by atoms with E-state index in [1.807, 2.05) is 0 Å². The molecule has 94 valence electrons. The van der Waals surface area contributed by atoms with E-state index in [0.29, 0.717) is 0 Å². The van der Waals surface area contributed by atoms with Crippen LogP contribution in [0.2, 0.25) is 0 Å². The number of rotatable bonds is 6. The van der Waals surface area contributed by atoms with Gasteiger partial charge >= 0.3 is 18.2 Å². The highest BCUT2D eigenvalue weighted by atomic mass is 19.4. The van der Waals surface area contributed by atoms with Crippen molar-refractivity contribution in [2.75, 3.05) is 13.1 Å². The van der Waals surface area contributed by atoms with Crippen LogP contribution >= 0.6 is 0 Å². The van der Waals surface area contributed by atoms with Gasteiger partial charge in [0.05, 0.1) is 6.42 Å². The lowest BCUT2D eigenvalue weighted by molar-refractivity contribution is -0.137. The molecule has 0 aliphatic rings. The van der Waals surface area contributed by atoms with Crippen molar-refractivity contribution in [1.29, 1.82) is 0 Å². The number of hydrogen-bond donors (Lipinski definition) is 3. The summed E-state index contributed by atoms with van der Waals surface area (Å²) in [5.41, 5.74) is 0. The Balaban J connectivity index is 3.41. The molecule has 2 amide bonds. The second-order valence-corrected chi connectivity index (χ2v) is 3.05. The average Bonchev–Trinajstić information content (AvgIpc) is 2.10. The molecule has 0 unspecified atom stereocenters. The Morgan fingerprint density at radius 2 is 1.69 bits per heavy atom. The maximum atomic E-state index is 11.7. The van der Waals surface area contributed by atoms with Gasteiger partial charge in [-0.15, -0.1) is 0 Å². The van der Waals surface area contributed by atoms with Crippen molar-refractivity contribution in [3.63, 3.8) is 0 Å². The monoisotopic (exact) mass is 242 g/mol. The van der Waals surface area contributed by atoms with Crippen molar-refractivity contribution in [1.82, 2.24) is 10.6 Å². The number of amides is 2. The Bertz CT molecular complexity index is 243. The first-order chi connectivity index (χ1) is 7.31. The Morgan fingerprint density at radius 3 is 2.19 bits per heavy atom. The zero-order valence-corrected chi connectivity index (χ0v) is 8.43. The molecule has 0 bridgehead atoms. The molecule has 8 heteroatoms. The van der Waals surface area contributed by atoms with E-state index in [2.05, 4.69) is 10.6 Å². The molecule has 0 aliphatic carbocycles. The van der Waals surface area contributed by atoms with Crippen LogP contribution in [0.4, 0.5) is 18.0 Å². The summed E-state index contributed by atoms with van der Waals surface area (Å²) in [7, 11) is 0. The average molecular weight is 242 g/mol. The molecule has 0 aromatic carbocycles. The number of hydrogen-bond acceptors (Lipinski definition) is 2. The molecule has 0 radical (unpaired) electrons. The van der Waals surface area contributed by atoms with E-state index in [9.17, 15) is 22.8 Å². The van der Waals surface area contributed by atoms with Crippen molar-refractivity contribution in [2.24, 2.45) is 0 Å². The first kappa shape index (κ1) is 14.5. The van der Waals surface area contributed by atoms with Gasteiger partial charge < -0.3 is 15.7 Å². The zero-order chi connectivity index (χ0) is 12.6. The van der Waals surface area contributed by atoms with Gasteiger partial charge in [-0.25, -0.2) is 4.79 Å². The lowest BCUT2D eigenvalue weighted by Crippen LogP contribution is -2.37. The number of carbonyl (C=O) groups is 2. The fourth-order valence-corrected chi connectivity index (χ4v) is 0.836. The Kier molecular flexibility index (Phi) is 6.28. The van der Waals surface area contributed by atoms with E-state index in [1.54, 1.807) is 0 Å². The first-order valence-corrected chi connectivity index (χ1v) is 4.61. The topological polar surface area (TPSA) is 78.4 Å². The molecule has 0 atom stereocenters. The van der Waals surface area contributed by atoms with Gasteiger partial charge in [0.25, 0.3) is 0 Å². The molecule has 3 N–H and O–H groups in total. The van der Waals surface area contributed by atoms with Gasteiger partial charge in [0.2, 0.25) is 0 Å². The molecule has 0 fully saturated rings. The number of alkyl halides is 3. The van der Waals surface area contributed by atoms with Crippen LogP contribution in [-0.4, -0.2) is 36.4 Å². The third-order valence-electron chi connectivity index (χ3n) is 1.55. The van der Waals surface area contributed by atoms with E-state index >= 15 is 0 Å². The van der Waals surface area contributed by atoms with E-state index in [1.165, 1.54) is 0 Å². The summed E-state index contributed by atoms with van der Waals surface area (Å²) in [5, 5.41) is 12.6. The number of aliphatic carboxylic acids is 1. The largest absolute Gasteiger partial charge is 0.481 e. The minimum absolute atomic E-state index is 0.0551. The highest BCUT2D eigenvalue weighted by Crippen LogP contribution is 2.20. The first-order valence-electron chi connectivity index (χ1n) is 4.61. The van der Waals surface area contributed by atoms with Crippen LogP contribution in [-0.2, 0) is 4.79 Å². The summed E-state index contributed by atoms with van der Waals surface area (Å²) in [6.45, 7) is -0.154. The SMILES string of the molecule is O=C(O)CCNC(=O)NCCCC(F)(F)F. The third-order valence-corrected chi connectivity index (χ3v) is 1.55. The number of urea groups is 1. The molecule has 0 aromatic rings. The highest BCUT2D eigenvalue weighted by Gasteiger charge is 2.25. The van der Waals surface area contributed by atoms with Crippen LogP contribution in [0.15, 0.2) is 0 Å². The van der Waals surface area contributed by atoms with Crippen LogP contribution < -0.4 is 10.6 Å². The van der Waals surface area contributed by atoms with E-state index in [-0.39, 0.29) is 25.9 Å². The second kappa shape index (κ2) is 6.91. The Hall–Kier alpha value is -1.47. The Morgan fingerprint density at radius 1 is 1.12 bits per heavy atom. The number of carboxylic acid groups (broad SMARTS) is 1. The number of nitrogens with one attached hydrogen (secondary N) is 2. The predicted molar refractivity (Wildman–Crippen MR) is 48.9 cm³/mol. The predicted octanol–water partition coefficient (Wildman–Crippen LogP) is 1.10. The minimum Gasteiger partial charge on any atom is -0.481 e. The Labute approximate surface area is 90.0 Å². The summed E-state index contributed by atoms with van der Waals surface area (Å²) >= 11 is 0. The van der Waals surface area contributed by atoms with Crippen molar-refractivity contribution >= 4 is 12.0 Å². The minimum atomic E-state index is -4.22. The maximum absolute atomic E-state index is 11.7. The van der Waals surface area contributed by atoms with Crippen LogP contribution in [0.25, 0.3) is 0 Å². The van der Waals surface area contributed by atoms with Crippen molar-refractivity contribution < 1.29 is 27.9 Å². The molecule has 0 aromatic heterocycles. The molecule has 0 spiro atoms. The quantitative estimate of drug-likeness (QED) is 0.610. The smallest absolute Gasteiger partial charge is 0.389 e. The number of carboxylic acids is 1. The third kappa shape index (κ3) is 10.6. The molecular weight excluding hydrogens is 229 g/mol. The van der Waals surface area contributed by atoms with Gasteiger partial charge in [-0.1, -0.05) is 0 Å². The maximum Gasteiger partial charge on any atom is 0.389 e. The van der Waals surface area contributed by atoms with Crippen LogP contribution in [0.1, 0.15) is 19.3 Å².